The van der Waals surface area contributed by atoms with E-state index in [9.17, 15) is 14.7 Å². The summed E-state index contributed by atoms with van der Waals surface area (Å²) in [7, 11) is 0. The first-order valence-electron chi connectivity index (χ1n) is 6.65. The van der Waals surface area contributed by atoms with Crippen LogP contribution < -0.4 is 0 Å². The molecular weight excluding hydrogens is 334 g/mol. The highest BCUT2D eigenvalue weighted by Crippen LogP contribution is 2.33. The second-order valence-electron chi connectivity index (χ2n) is 4.88. The molecule has 7 heteroatoms. The van der Waals surface area contributed by atoms with Gasteiger partial charge in [0.2, 0.25) is 5.88 Å². The Morgan fingerprint density at radius 1 is 1.30 bits per heavy atom. The number of carbonyl (C=O) groups excluding carboxylic acids is 1. The minimum Gasteiger partial charge on any atom is -0.493 e. The Morgan fingerprint density at radius 3 is 2.78 bits per heavy atom. The van der Waals surface area contributed by atoms with Crippen molar-refractivity contribution in [3.05, 3.63) is 50.3 Å². The van der Waals surface area contributed by atoms with Crippen molar-refractivity contribution in [3.63, 3.8) is 0 Å². The van der Waals surface area contributed by atoms with Crippen molar-refractivity contribution < 1.29 is 19.8 Å². The van der Waals surface area contributed by atoms with Gasteiger partial charge >= 0.3 is 5.97 Å². The first-order valence-corrected chi connectivity index (χ1v) is 7.87. The summed E-state index contributed by atoms with van der Waals surface area (Å²) in [5, 5.41) is 19.1. The van der Waals surface area contributed by atoms with E-state index < -0.39 is 12.5 Å². The summed E-state index contributed by atoms with van der Waals surface area (Å²) in [5.41, 5.74) is 2.12. The van der Waals surface area contributed by atoms with Crippen molar-refractivity contribution in [2.24, 2.45) is 0 Å². The zero-order valence-electron chi connectivity index (χ0n) is 11.7. The van der Waals surface area contributed by atoms with Gasteiger partial charge in [0.25, 0.3) is 0 Å². The maximum atomic E-state index is 12.2. The number of aromatic nitrogens is 1. The van der Waals surface area contributed by atoms with E-state index in [1.807, 2.05) is 24.3 Å². The van der Waals surface area contributed by atoms with Crippen molar-refractivity contribution in [1.82, 2.24) is 4.57 Å². The number of hydrogen-bond acceptors (Lipinski definition) is 5. The van der Waals surface area contributed by atoms with Gasteiger partial charge in [-0.25, -0.2) is 0 Å². The fourth-order valence-corrected chi connectivity index (χ4v) is 3.59. The maximum Gasteiger partial charge on any atom is 0.323 e. The van der Waals surface area contributed by atoms with Gasteiger partial charge in [0.05, 0.1) is 4.88 Å². The van der Waals surface area contributed by atoms with Crippen LogP contribution in [-0.2, 0) is 16.1 Å². The van der Waals surface area contributed by atoms with Crippen molar-refractivity contribution >= 4 is 53.0 Å². The third kappa shape index (κ3) is 2.88. The van der Waals surface area contributed by atoms with Gasteiger partial charge in [-0.2, -0.15) is 0 Å². The first-order chi connectivity index (χ1) is 11.0. The molecule has 1 aromatic carbocycles. The third-order valence-corrected chi connectivity index (χ3v) is 4.78. The zero-order chi connectivity index (χ0) is 16.6. The van der Waals surface area contributed by atoms with Crippen LogP contribution in [0.25, 0.3) is 17.7 Å². The van der Waals surface area contributed by atoms with Crippen LogP contribution in [-0.4, -0.2) is 26.5 Å². The number of nitrogens with zero attached hydrogens (tertiary/aromatic N) is 1. The topological polar surface area (TPSA) is 79.5 Å². The van der Waals surface area contributed by atoms with Crippen LogP contribution in [0.15, 0.2) is 30.3 Å². The van der Waals surface area contributed by atoms with Crippen LogP contribution in [0, 0.1) is 3.95 Å². The monoisotopic (exact) mass is 345 g/mol. The lowest BCUT2D eigenvalue weighted by atomic mass is 9.91. The number of thiazole rings is 1. The molecule has 0 bridgehead atoms. The Balaban J connectivity index is 2.12. The van der Waals surface area contributed by atoms with Gasteiger partial charge in [-0.3, -0.25) is 14.2 Å². The van der Waals surface area contributed by atoms with E-state index in [4.69, 9.17) is 17.3 Å². The lowest BCUT2D eigenvalue weighted by Gasteiger charge is -2.12. The summed E-state index contributed by atoms with van der Waals surface area (Å²) in [6.07, 6.45) is 4.77. The predicted molar refractivity (Wildman–Crippen MR) is 90.8 cm³/mol. The zero-order valence-corrected chi connectivity index (χ0v) is 13.4. The van der Waals surface area contributed by atoms with Crippen molar-refractivity contribution in [3.8, 4) is 5.88 Å². The average Bonchev–Trinajstić information content (AvgIpc) is 2.77. The SMILES string of the molecule is O=C(O)Cn1c(O)c(/C=C2\C(=O)C=Cc3ccccc32)sc1=S. The molecule has 0 radical (unpaired) electrons. The Kier molecular flexibility index (Phi) is 3.97. The van der Waals surface area contributed by atoms with E-state index in [0.29, 0.717) is 10.5 Å². The molecule has 2 N–H and O–H groups in total. The largest absolute Gasteiger partial charge is 0.493 e. The molecule has 1 aliphatic carbocycles. The normalized spacial score (nSPS) is 15.0. The highest BCUT2D eigenvalue weighted by molar-refractivity contribution is 7.73. The van der Waals surface area contributed by atoms with Crippen molar-refractivity contribution in [1.29, 1.82) is 0 Å². The molecule has 2 aromatic rings. The molecule has 3 rings (SSSR count). The fourth-order valence-electron chi connectivity index (χ4n) is 2.34. The van der Waals surface area contributed by atoms with E-state index in [2.05, 4.69) is 0 Å². The van der Waals surface area contributed by atoms with Crippen LogP contribution in [0.4, 0.5) is 0 Å². The van der Waals surface area contributed by atoms with Crippen LogP contribution in [0.2, 0.25) is 0 Å². The van der Waals surface area contributed by atoms with Gasteiger partial charge < -0.3 is 10.2 Å². The first kappa shape index (κ1) is 15.4. The molecule has 1 heterocycles. The number of aromatic hydroxyl groups is 1. The highest BCUT2D eigenvalue weighted by atomic mass is 32.1. The van der Waals surface area contributed by atoms with E-state index in [1.54, 1.807) is 12.2 Å². The molecule has 0 saturated heterocycles. The highest BCUT2D eigenvalue weighted by Gasteiger charge is 2.19. The number of ketones is 1. The van der Waals surface area contributed by atoms with Gasteiger partial charge in [-0.1, -0.05) is 30.3 Å². The molecule has 116 valence electrons. The predicted octanol–water partition coefficient (Wildman–Crippen LogP) is 3.21. The number of carbonyl (C=O) groups is 2. The van der Waals surface area contributed by atoms with E-state index >= 15 is 0 Å². The molecule has 0 amide bonds. The summed E-state index contributed by atoms with van der Waals surface area (Å²) in [6.45, 7) is -0.422. The number of aliphatic carboxylic acids is 1. The number of allylic oxidation sites excluding steroid dienone is 2. The molecule has 0 spiro atoms. The van der Waals surface area contributed by atoms with Crippen molar-refractivity contribution in [2.45, 2.75) is 6.54 Å². The molecule has 0 fully saturated rings. The number of hydrogen-bond donors (Lipinski definition) is 2. The van der Waals surface area contributed by atoms with Gasteiger partial charge in [0.15, 0.2) is 9.74 Å². The maximum absolute atomic E-state index is 12.2. The summed E-state index contributed by atoms with van der Waals surface area (Å²) in [5.74, 6) is -1.52. The van der Waals surface area contributed by atoms with E-state index in [1.165, 1.54) is 6.08 Å². The Bertz CT molecular complexity index is 934. The minimum atomic E-state index is -1.10. The van der Waals surface area contributed by atoms with Gasteiger partial charge in [-0.15, -0.1) is 11.3 Å². The molecule has 23 heavy (non-hydrogen) atoms. The van der Waals surface area contributed by atoms with Crippen LogP contribution in [0.3, 0.4) is 0 Å². The number of carboxylic acid groups (broad SMARTS) is 1. The van der Waals surface area contributed by atoms with Gasteiger partial charge in [0.1, 0.15) is 6.54 Å². The molecule has 0 aliphatic heterocycles. The van der Waals surface area contributed by atoms with Crippen LogP contribution >= 0.6 is 23.6 Å². The summed E-state index contributed by atoms with van der Waals surface area (Å²) >= 11 is 6.15. The van der Waals surface area contributed by atoms with Crippen molar-refractivity contribution in [2.75, 3.05) is 0 Å². The molecular formula is C16H11NO4S2. The molecule has 5 nitrogen and oxygen atoms in total. The van der Waals surface area contributed by atoms with E-state index in [-0.39, 0.29) is 15.6 Å². The standard InChI is InChI=1S/C16H11NO4S2/c18-12-6-5-9-3-1-2-4-10(9)11(12)7-13-15(21)17(8-14(19)20)16(22)23-13/h1-7,21H,8H2,(H,19,20)/b11-7-. The second-order valence-corrected chi connectivity index (χ2v) is 6.55. The summed E-state index contributed by atoms with van der Waals surface area (Å²) < 4.78 is 1.37. The molecule has 1 aliphatic rings. The molecule has 0 saturated carbocycles. The summed E-state index contributed by atoms with van der Waals surface area (Å²) in [4.78, 5) is 23.4. The third-order valence-electron chi connectivity index (χ3n) is 3.39. The number of fused-ring (bicyclic) bond motifs is 1. The molecule has 0 unspecified atom stereocenters. The number of benzene rings is 1. The van der Waals surface area contributed by atoms with Crippen LogP contribution in [0.1, 0.15) is 16.0 Å². The number of rotatable bonds is 3. The lowest BCUT2D eigenvalue weighted by Crippen LogP contribution is -2.08. The quantitative estimate of drug-likeness (QED) is 0.660. The Labute approximate surface area is 140 Å². The van der Waals surface area contributed by atoms with Gasteiger partial charge in [0, 0.05) is 5.57 Å². The smallest absolute Gasteiger partial charge is 0.323 e. The molecule has 1 aromatic heterocycles. The Hall–Kier alpha value is -2.51. The second kappa shape index (κ2) is 5.94. The van der Waals surface area contributed by atoms with E-state index in [0.717, 1.165) is 27.0 Å². The van der Waals surface area contributed by atoms with Crippen LogP contribution in [0.5, 0.6) is 5.88 Å². The lowest BCUT2D eigenvalue weighted by molar-refractivity contribution is -0.137. The average molecular weight is 345 g/mol. The summed E-state index contributed by atoms with van der Waals surface area (Å²) in [6, 6.07) is 7.43. The van der Waals surface area contributed by atoms with Gasteiger partial charge in [-0.05, 0) is 35.5 Å². The molecule has 0 atom stereocenters. The fraction of sp³-hybridized carbons (Fsp3) is 0.0625. The number of carboxylic acids is 1. The minimum absolute atomic E-state index is 0.174. The Morgan fingerprint density at radius 2 is 2.04 bits per heavy atom.